The second kappa shape index (κ2) is 7.72. The van der Waals surface area contributed by atoms with Crippen molar-refractivity contribution < 1.29 is 9.53 Å². The molecule has 110 valence electrons. The van der Waals surface area contributed by atoms with Crippen LogP contribution in [0.15, 0.2) is 30.3 Å². The molecule has 0 N–H and O–H groups in total. The normalized spacial score (nSPS) is 24.1. The van der Waals surface area contributed by atoms with E-state index in [0.29, 0.717) is 11.9 Å². The Labute approximate surface area is 126 Å². The van der Waals surface area contributed by atoms with Crippen molar-refractivity contribution in [1.82, 2.24) is 0 Å². The molecular weight excluding hydrogens is 268 g/mol. The minimum Gasteiger partial charge on any atom is -0.465 e. The predicted octanol–water partition coefficient (Wildman–Crippen LogP) is 4.60. The molecule has 1 aliphatic carbocycles. The SMILES string of the molecule is CCOC(=O)C(SC1CCCC(C)C1)c1ccccc1. The molecule has 0 heterocycles. The number of esters is 1. The van der Waals surface area contributed by atoms with Crippen LogP contribution in [0.3, 0.4) is 0 Å². The minimum absolute atomic E-state index is 0.0954. The summed E-state index contributed by atoms with van der Waals surface area (Å²) in [5, 5.41) is 0.403. The van der Waals surface area contributed by atoms with Crippen LogP contribution in [0.2, 0.25) is 0 Å². The summed E-state index contributed by atoms with van der Waals surface area (Å²) in [6.07, 6.45) is 5.04. The lowest BCUT2D eigenvalue weighted by Crippen LogP contribution is -2.20. The van der Waals surface area contributed by atoms with E-state index in [0.717, 1.165) is 11.5 Å². The van der Waals surface area contributed by atoms with Gasteiger partial charge in [-0.2, -0.15) is 0 Å². The molecule has 2 rings (SSSR count). The number of carbonyl (C=O) groups is 1. The summed E-state index contributed by atoms with van der Waals surface area (Å²) >= 11 is 1.80. The van der Waals surface area contributed by atoms with Crippen molar-refractivity contribution >= 4 is 17.7 Å². The monoisotopic (exact) mass is 292 g/mol. The third-order valence-corrected chi connectivity index (χ3v) is 5.37. The molecule has 1 aromatic carbocycles. The zero-order chi connectivity index (χ0) is 14.4. The maximum Gasteiger partial charge on any atom is 0.323 e. The number of benzene rings is 1. The van der Waals surface area contributed by atoms with Crippen LogP contribution in [0, 0.1) is 5.92 Å². The highest BCUT2D eigenvalue weighted by Gasteiger charge is 2.28. The Kier molecular flexibility index (Phi) is 5.96. The van der Waals surface area contributed by atoms with Crippen LogP contribution in [0.5, 0.6) is 0 Å². The van der Waals surface area contributed by atoms with Crippen molar-refractivity contribution in [3.8, 4) is 0 Å². The summed E-state index contributed by atoms with van der Waals surface area (Å²) < 4.78 is 5.27. The van der Waals surface area contributed by atoms with Crippen LogP contribution in [0.4, 0.5) is 0 Å². The van der Waals surface area contributed by atoms with Crippen molar-refractivity contribution in [3.05, 3.63) is 35.9 Å². The van der Waals surface area contributed by atoms with E-state index in [2.05, 4.69) is 6.92 Å². The molecule has 0 spiro atoms. The van der Waals surface area contributed by atoms with Crippen LogP contribution in [-0.4, -0.2) is 17.8 Å². The highest BCUT2D eigenvalue weighted by molar-refractivity contribution is 8.00. The largest absolute Gasteiger partial charge is 0.465 e. The summed E-state index contributed by atoms with van der Waals surface area (Å²) in [5.41, 5.74) is 1.06. The van der Waals surface area contributed by atoms with E-state index in [4.69, 9.17) is 4.74 Å². The highest BCUT2D eigenvalue weighted by Crippen LogP contribution is 2.40. The fourth-order valence-corrected chi connectivity index (χ4v) is 4.43. The molecule has 2 nitrogen and oxygen atoms in total. The van der Waals surface area contributed by atoms with E-state index in [-0.39, 0.29) is 11.2 Å². The quantitative estimate of drug-likeness (QED) is 0.742. The minimum atomic E-state index is -0.175. The summed E-state index contributed by atoms with van der Waals surface area (Å²) in [6.45, 7) is 4.63. The number of thioether (sulfide) groups is 1. The van der Waals surface area contributed by atoms with E-state index in [9.17, 15) is 4.79 Å². The van der Waals surface area contributed by atoms with Crippen LogP contribution in [0.25, 0.3) is 0 Å². The molecule has 3 heteroatoms. The van der Waals surface area contributed by atoms with Gasteiger partial charge in [0, 0.05) is 5.25 Å². The maximum absolute atomic E-state index is 12.3. The summed E-state index contributed by atoms with van der Waals surface area (Å²) in [6, 6.07) is 10.0. The molecule has 3 atom stereocenters. The number of carbonyl (C=O) groups excluding carboxylic acids is 1. The fourth-order valence-electron chi connectivity index (χ4n) is 2.81. The first kappa shape index (κ1) is 15.4. The average molecular weight is 292 g/mol. The zero-order valence-electron chi connectivity index (χ0n) is 12.4. The molecule has 1 fully saturated rings. The van der Waals surface area contributed by atoms with Gasteiger partial charge in [0.1, 0.15) is 5.25 Å². The van der Waals surface area contributed by atoms with Crippen molar-refractivity contribution in [2.75, 3.05) is 6.61 Å². The van der Waals surface area contributed by atoms with Gasteiger partial charge < -0.3 is 4.74 Å². The number of hydrogen-bond acceptors (Lipinski definition) is 3. The van der Waals surface area contributed by atoms with E-state index in [1.165, 1.54) is 25.7 Å². The molecule has 0 aromatic heterocycles. The second-order valence-electron chi connectivity index (χ2n) is 5.57. The van der Waals surface area contributed by atoms with Crippen molar-refractivity contribution in [2.24, 2.45) is 5.92 Å². The van der Waals surface area contributed by atoms with Crippen molar-refractivity contribution in [2.45, 2.75) is 50.0 Å². The lowest BCUT2D eigenvalue weighted by atomic mass is 9.91. The van der Waals surface area contributed by atoms with Crippen LogP contribution < -0.4 is 0 Å². The molecule has 0 radical (unpaired) electrons. The standard InChI is InChI=1S/C17H24O2S/c1-3-19-17(18)16(14-9-5-4-6-10-14)20-15-11-7-8-13(2)12-15/h4-6,9-10,13,15-16H,3,7-8,11-12H2,1-2H3. The zero-order valence-corrected chi connectivity index (χ0v) is 13.2. The molecule has 1 aliphatic rings. The van der Waals surface area contributed by atoms with Crippen molar-refractivity contribution in [3.63, 3.8) is 0 Å². The Bertz CT molecular complexity index is 418. The summed E-state index contributed by atoms with van der Waals surface area (Å²) in [5.74, 6) is 0.682. The third-order valence-electron chi connectivity index (χ3n) is 3.82. The number of hydrogen-bond donors (Lipinski definition) is 0. The van der Waals surface area contributed by atoms with Gasteiger partial charge in [-0.25, -0.2) is 0 Å². The van der Waals surface area contributed by atoms with Crippen LogP contribution in [-0.2, 0) is 9.53 Å². The van der Waals surface area contributed by atoms with E-state index >= 15 is 0 Å². The Hall–Kier alpha value is -0.960. The maximum atomic E-state index is 12.3. The average Bonchev–Trinajstić information content (AvgIpc) is 2.46. The number of rotatable bonds is 5. The molecule has 3 unspecified atom stereocenters. The van der Waals surface area contributed by atoms with E-state index in [1.54, 1.807) is 11.8 Å². The molecule has 0 bridgehead atoms. The van der Waals surface area contributed by atoms with Crippen molar-refractivity contribution in [1.29, 1.82) is 0 Å². The van der Waals surface area contributed by atoms with Crippen LogP contribution >= 0.6 is 11.8 Å². The van der Waals surface area contributed by atoms with E-state index in [1.807, 2.05) is 37.3 Å². The van der Waals surface area contributed by atoms with Gasteiger partial charge >= 0.3 is 5.97 Å². The fraction of sp³-hybridized carbons (Fsp3) is 0.588. The molecular formula is C17H24O2S. The Morgan fingerprint density at radius 3 is 2.75 bits per heavy atom. The van der Waals surface area contributed by atoms with Gasteiger partial charge in [-0.05, 0) is 31.2 Å². The van der Waals surface area contributed by atoms with Crippen LogP contribution in [0.1, 0.15) is 50.3 Å². The lowest BCUT2D eigenvalue weighted by Gasteiger charge is -2.29. The Balaban J connectivity index is 2.08. The molecule has 20 heavy (non-hydrogen) atoms. The third kappa shape index (κ3) is 4.27. The molecule has 1 saturated carbocycles. The summed E-state index contributed by atoms with van der Waals surface area (Å²) in [4.78, 5) is 12.3. The smallest absolute Gasteiger partial charge is 0.323 e. The molecule has 0 saturated heterocycles. The van der Waals surface area contributed by atoms with Gasteiger partial charge in [0.25, 0.3) is 0 Å². The lowest BCUT2D eigenvalue weighted by molar-refractivity contribution is -0.142. The first-order chi connectivity index (χ1) is 9.70. The Morgan fingerprint density at radius 1 is 1.35 bits per heavy atom. The second-order valence-corrected chi connectivity index (χ2v) is 6.98. The van der Waals surface area contributed by atoms with Gasteiger partial charge in [-0.3, -0.25) is 4.79 Å². The molecule has 0 aliphatic heterocycles. The highest BCUT2D eigenvalue weighted by atomic mass is 32.2. The topological polar surface area (TPSA) is 26.3 Å². The predicted molar refractivity (Wildman–Crippen MR) is 84.8 cm³/mol. The van der Waals surface area contributed by atoms with Gasteiger partial charge in [-0.15, -0.1) is 11.8 Å². The van der Waals surface area contributed by atoms with E-state index < -0.39 is 0 Å². The van der Waals surface area contributed by atoms with Gasteiger partial charge in [-0.1, -0.05) is 50.1 Å². The first-order valence-corrected chi connectivity index (χ1v) is 8.52. The first-order valence-electron chi connectivity index (χ1n) is 7.57. The summed E-state index contributed by atoms with van der Waals surface area (Å²) in [7, 11) is 0. The van der Waals surface area contributed by atoms with Gasteiger partial charge in [0.15, 0.2) is 0 Å². The Morgan fingerprint density at radius 2 is 2.10 bits per heavy atom. The van der Waals surface area contributed by atoms with Gasteiger partial charge in [0.2, 0.25) is 0 Å². The number of ether oxygens (including phenoxy) is 1. The van der Waals surface area contributed by atoms with Gasteiger partial charge in [0.05, 0.1) is 6.61 Å². The molecule has 1 aromatic rings. The molecule has 0 amide bonds.